The molecule has 1 aromatic heterocycles. The van der Waals surface area contributed by atoms with Crippen molar-refractivity contribution >= 4 is 17.7 Å². The van der Waals surface area contributed by atoms with E-state index < -0.39 is 12.0 Å². The van der Waals surface area contributed by atoms with Crippen molar-refractivity contribution < 1.29 is 14.7 Å². The molecule has 21 heavy (non-hydrogen) atoms. The predicted octanol–water partition coefficient (Wildman–Crippen LogP) is 1.48. The minimum atomic E-state index is -1.10. The van der Waals surface area contributed by atoms with Gasteiger partial charge in [-0.2, -0.15) is 5.10 Å². The number of carbonyl (C=O) groups excluding carboxylic acids is 1. The molecule has 0 aliphatic carbocycles. The molecule has 0 atom stereocenters. The van der Waals surface area contributed by atoms with Crippen LogP contribution in [0.3, 0.4) is 0 Å². The average molecular weight is 289 g/mol. The molecule has 0 fully saturated rings. The van der Waals surface area contributed by atoms with Gasteiger partial charge in [-0.05, 0) is 19.1 Å². The molecule has 0 saturated carbocycles. The molecule has 8 heteroatoms. The number of hydrogen-bond acceptors (Lipinski definition) is 4. The van der Waals surface area contributed by atoms with E-state index in [1.165, 1.54) is 17.0 Å². The SMILES string of the molecule is Cc1nc(CN(C)C(=O)Nc2ccccc2C(=O)O)n[nH]1. The van der Waals surface area contributed by atoms with Gasteiger partial charge < -0.3 is 15.3 Å². The van der Waals surface area contributed by atoms with Crippen LogP contribution >= 0.6 is 0 Å². The molecule has 0 aliphatic rings. The van der Waals surface area contributed by atoms with E-state index in [1.54, 1.807) is 26.1 Å². The first-order valence-electron chi connectivity index (χ1n) is 6.19. The molecular formula is C13H15N5O3. The molecular weight excluding hydrogens is 274 g/mol. The Morgan fingerprint density at radius 1 is 1.38 bits per heavy atom. The molecule has 1 heterocycles. The third-order valence-corrected chi connectivity index (χ3v) is 2.77. The van der Waals surface area contributed by atoms with Gasteiger partial charge in [0.05, 0.1) is 17.8 Å². The summed E-state index contributed by atoms with van der Waals surface area (Å²) in [5.41, 5.74) is 0.279. The van der Waals surface area contributed by atoms with E-state index in [-0.39, 0.29) is 17.8 Å². The second kappa shape index (κ2) is 6.04. The van der Waals surface area contributed by atoms with E-state index in [0.29, 0.717) is 11.6 Å². The molecule has 3 N–H and O–H groups in total. The molecule has 0 bridgehead atoms. The molecule has 0 spiro atoms. The van der Waals surface area contributed by atoms with Crippen LogP contribution in [0.1, 0.15) is 22.0 Å². The van der Waals surface area contributed by atoms with Crippen LogP contribution in [-0.2, 0) is 6.54 Å². The highest BCUT2D eigenvalue weighted by Gasteiger charge is 2.15. The third kappa shape index (κ3) is 3.56. The maximum absolute atomic E-state index is 12.1. The highest BCUT2D eigenvalue weighted by Crippen LogP contribution is 2.15. The largest absolute Gasteiger partial charge is 0.478 e. The number of aryl methyl sites for hydroxylation is 1. The summed E-state index contributed by atoms with van der Waals surface area (Å²) >= 11 is 0. The first kappa shape index (κ1) is 14.5. The molecule has 0 aliphatic heterocycles. The normalized spacial score (nSPS) is 10.2. The van der Waals surface area contributed by atoms with Crippen LogP contribution in [0.5, 0.6) is 0 Å². The number of carbonyl (C=O) groups is 2. The van der Waals surface area contributed by atoms with E-state index >= 15 is 0 Å². The number of H-pyrrole nitrogens is 1. The van der Waals surface area contributed by atoms with Crippen molar-refractivity contribution in [3.8, 4) is 0 Å². The summed E-state index contributed by atoms with van der Waals surface area (Å²) in [6.07, 6.45) is 0. The number of benzene rings is 1. The van der Waals surface area contributed by atoms with Gasteiger partial charge in [0.25, 0.3) is 0 Å². The van der Waals surface area contributed by atoms with Crippen LogP contribution in [0.4, 0.5) is 10.5 Å². The van der Waals surface area contributed by atoms with Gasteiger partial charge in [-0.25, -0.2) is 14.6 Å². The number of nitrogens with one attached hydrogen (secondary N) is 2. The van der Waals surface area contributed by atoms with Crippen LogP contribution < -0.4 is 5.32 Å². The molecule has 2 rings (SSSR count). The highest BCUT2D eigenvalue weighted by atomic mass is 16.4. The number of carboxylic acids is 1. The van der Waals surface area contributed by atoms with E-state index in [4.69, 9.17) is 5.11 Å². The maximum Gasteiger partial charge on any atom is 0.337 e. The number of carboxylic acid groups (broad SMARTS) is 1. The molecule has 0 saturated heterocycles. The Labute approximate surface area is 120 Å². The molecule has 2 amide bonds. The van der Waals surface area contributed by atoms with Gasteiger partial charge in [0, 0.05) is 7.05 Å². The number of aromatic amines is 1. The summed E-state index contributed by atoms with van der Waals surface area (Å²) in [6, 6.07) is 5.77. The van der Waals surface area contributed by atoms with Crippen molar-refractivity contribution in [3.05, 3.63) is 41.5 Å². The Bertz CT molecular complexity index is 667. The van der Waals surface area contributed by atoms with Gasteiger partial charge in [-0.1, -0.05) is 12.1 Å². The Morgan fingerprint density at radius 3 is 2.71 bits per heavy atom. The van der Waals surface area contributed by atoms with Gasteiger partial charge in [0.1, 0.15) is 5.82 Å². The fourth-order valence-electron chi connectivity index (χ4n) is 1.73. The predicted molar refractivity (Wildman–Crippen MR) is 75.0 cm³/mol. The number of aromatic nitrogens is 3. The molecule has 2 aromatic rings. The van der Waals surface area contributed by atoms with E-state index in [9.17, 15) is 9.59 Å². The number of urea groups is 1. The van der Waals surface area contributed by atoms with E-state index in [0.717, 1.165) is 0 Å². The molecule has 8 nitrogen and oxygen atoms in total. The summed E-state index contributed by atoms with van der Waals surface area (Å²) in [7, 11) is 1.57. The lowest BCUT2D eigenvalue weighted by atomic mass is 10.2. The zero-order chi connectivity index (χ0) is 15.4. The molecule has 1 aromatic carbocycles. The Kier molecular flexibility index (Phi) is 4.17. The maximum atomic E-state index is 12.1. The van der Waals surface area contributed by atoms with Gasteiger partial charge in [0.2, 0.25) is 0 Å². The van der Waals surface area contributed by atoms with Crippen molar-refractivity contribution in [3.63, 3.8) is 0 Å². The number of hydrogen-bond donors (Lipinski definition) is 3. The minimum Gasteiger partial charge on any atom is -0.478 e. The number of anilines is 1. The number of rotatable bonds is 4. The summed E-state index contributed by atoms with van der Waals surface area (Å²) in [5.74, 6) is 0.0462. The lowest BCUT2D eigenvalue weighted by Crippen LogP contribution is -2.31. The van der Waals surface area contributed by atoms with E-state index in [2.05, 4.69) is 20.5 Å². The summed E-state index contributed by atoms with van der Waals surface area (Å²) in [6.45, 7) is 1.98. The van der Waals surface area contributed by atoms with Crippen molar-refractivity contribution in [2.45, 2.75) is 13.5 Å². The summed E-state index contributed by atoms with van der Waals surface area (Å²) in [5, 5.41) is 18.3. The van der Waals surface area contributed by atoms with Gasteiger partial charge in [-0.15, -0.1) is 0 Å². The minimum absolute atomic E-state index is 0.0352. The van der Waals surface area contributed by atoms with Gasteiger partial charge >= 0.3 is 12.0 Å². The fourth-order valence-corrected chi connectivity index (χ4v) is 1.73. The van der Waals surface area contributed by atoms with Gasteiger partial charge in [0.15, 0.2) is 5.82 Å². The van der Waals surface area contributed by atoms with Gasteiger partial charge in [-0.3, -0.25) is 5.10 Å². The van der Waals surface area contributed by atoms with Crippen LogP contribution in [0.15, 0.2) is 24.3 Å². The number of para-hydroxylation sites is 1. The fraction of sp³-hybridized carbons (Fsp3) is 0.231. The summed E-state index contributed by atoms with van der Waals surface area (Å²) < 4.78 is 0. The van der Waals surface area contributed by atoms with Crippen LogP contribution in [0.25, 0.3) is 0 Å². The quantitative estimate of drug-likeness (QED) is 0.789. The Balaban J connectivity index is 2.05. The molecule has 110 valence electrons. The lowest BCUT2D eigenvalue weighted by Gasteiger charge is -2.17. The van der Waals surface area contributed by atoms with Crippen molar-refractivity contribution in [2.24, 2.45) is 0 Å². The van der Waals surface area contributed by atoms with Crippen LogP contribution in [0, 0.1) is 6.92 Å². The summed E-state index contributed by atoms with van der Waals surface area (Å²) in [4.78, 5) is 28.6. The highest BCUT2D eigenvalue weighted by molar-refractivity contribution is 5.99. The number of nitrogens with zero attached hydrogens (tertiary/aromatic N) is 3. The average Bonchev–Trinajstić information content (AvgIpc) is 2.84. The number of amides is 2. The van der Waals surface area contributed by atoms with Crippen molar-refractivity contribution in [1.29, 1.82) is 0 Å². The number of aromatic carboxylic acids is 1. The zero-order valence-electron chi connectivity index (χ0n) is 11.6. The van der Waals surface area contributed by atoms with Crippen LogP contribution in [0.2, 0.25) is 0 Å². The molecule has 0 radical (unpaired) electrons. The van der Waals surface area contributed by atoms with Crippen molar-refractivity contribution in [2.75, 3.05) is 12.4 Å². The monoisotopic (exact) mass is 289 g/mol. The second-order valence-electron chi connectivity index (χ2n) is 4.47. The second-order valence-corrected chi connectivity index (χ2v) is 4.47. The van der Waals surface area contributed by atoms with E-state index in [1.807, 2.05) is 0 Å². The van der Waals surface area contributed by atoms with Crippen molar-refractivity contribution in [1.82, 2.24) is 20.1 Å². The zero-order valence-corrected chi connectivity index (χ0v) is 11.6. The third-order valence-electron chi connectivity index (χ3n) is 2.77. The Morgan fingerprint density at radius 2 is 2.10 bits per heavy atom. The molecule has 0 unspecified atom stereocenters. The topological polar surface area (TPSA) is 111 Å². The Hall–Kier alpha value is -2.90. The lowest BCUT2D eigenvalue weighted by molar-refractivity contribution is 0.0698. The first-order chi connectivity index (χ1) is 9.97. The smallest absolute Gasteiger partial charge is 0.337 e. The standard InChI is InChI=1S/C13H15N5O3/c1-8-14-11(17-16-8)7-18(2)13(21)15-10-6-4-3-5-9(10)12(19)20/h3-6H,7H2,1-2H3,(H,15,21)(H,19,20)(H,14,16,17). The first-order valence-corrected chi connectivity index (χ1v) is 6.19. The van der Waals surface area contributed by atoms with Crippen LogP contribution in [-0.4, -0.2) is 44.2 Å².